The van der Waals surface area contributed by atoms with Crippen molar-refractivity contribution in [1.29, 1.82) is 0 Å². The summed E-state index contributed by atoms with van der Waals surface area (Å²) < 4.78 is 11.3. The van der Waals surface area contributed by atoms with Crippen LogP contribution in [0.2, 0.25) is 0 Å². The zero-order chi connectivity index (χ0) is 23.5. The molecule has 34 heavy (non-hydrogen) atoms. The van der Waals surface area contributed by atoms with Gasteiger partial charge in [-0.25, -0.2) is 10.9 Å². The maximum absolute atomic E-state index is 13.5. The molecule has 0 bridgehead atoms. The lowest BCUT2D eigenvalue weighted by atomic mass is 9.83. The van der Waals surface area contributed by atoms with Gasteiger partial charge >= 0.3 is 0 Å². The number of hydrazine groups is 1. The van der Waals surface area contributed by atoms with Crippen LogP contribution in [-0.4, -0.2) is 42.2 Å². The van der Waals surface area contributed by atoms with E-state index in [0.29, 0.717) is 13.2 Å². The Bertz CT molecular complexity index is 1140. The molecule has 3 aromatic rings. The average Bonchev–Trinajstić information content (AvgIpc) is 3.39. The van der Waals surface area contributed by atoms with Crippen LogP contribution in [0.15, 0.2) is 78.9 Å². The molecule has 2 heterocycles. The van der Waals surface area contributed by atoms with Crippen molar-refractivity contribution in [3.63, 3.8) is 0 Å². The number of hydrogen-bond acceptors (Lipinski definition) is 6. The molecule has 4 unspecified atom stereocenters. The Kier molecular flexibility index (Phi) is 6.49. The molecule has 2 saturated heterocycles. The van der Waals surface area contributed by atoms with Crippen LogP contribution in [0.1, 0.15) is 29.6 Å². The van der Waals surface area contributed by atoms with Crippen molar-refractivity contribution in [2.24, 2.45) is 5.92 Å². The Morgan fingerprint density at radius 2 is 1.65 bits per heavy atom. The predicted molar refractivity (Wildman–Crippen MR) is 128 cm³/mol. The van der Waals surface area contributed by atoms with E-state index in [1.54, 1.807) is 19.2 Å². The second-order valence-electron chi connectivity index (χ2n) is 8.69. The number of fused-ring (bicyclic) bond motifs is 1. The fourth-order valence-corrected chi connectivity index (χ4v) is 5.13. The first-order chi connectivity index (χ1) is 16.7. The molecular formula is C27H29N3O4. The van der Waals surface area contributed by atoms with Gasteiger partial charge in [0.25, 0.3) is 0 Å². The zero-order valence-electron chi connectivity index (χ0n) is 19.1. The molecule has 0 saturated carbocycles. The van der Waals surface area contributed by atoms with Gasteiger partial charge in [-0.2, -0.15) is 0 Å². The number of nitrogens with one attached hydrogen (secondary N) is 2. The summed E-state index contributed by atoms with van der Waals surface area (Å²) in [5.74, 6) is 1.62. The summed E-state index contributed by atoms with van der Waals surface area (Å²) in [6.45, 7) is 1.17. The highest BCUT2D eigenvalue weighted by Gasteiger charge is 2.55. The van der Waals surface area contributed by atoms with Crippen LogP contribution < -0.4 is 15.6 Å². The number of para-hydroxylation sites is 2. The second kappa shape index (κ2) is 9.85. The van der Waals surface area contributed by atoms with Gasteiger partial charge in [0.1, 0.15) is 23.3 Å². The van der Waals surface area contributed by atoms with Gasteiger partial charge in [-0.15, -0.1) is 0 Å². The lowest BCUT2D eigenvalue weighted by molar-refractivity contribution is -0.131. The van der Waals surface area contributed by atoms with E-state index in [-0.39, 0.29) is 29.7 Å². The van der Waals surface area contributed by atoms with E-state index in [0.717, 1.165) is 29.0 Å². The van der Waals surface area contributed by atoms with Crippen molar-refractivity contribution in [3.8, 4) is 17.2 Å². The highest BCUT2D eigenvalue weighted by atomic mass is 16.5. The van der Waals surface area contributed by atoms with Crippen LogP contribution in [-0.2, 0) is 9.53 Å². The Morgan fingerprint density at radius 3 is 2.44 bits per heavy atom. The lowest BCUT2D eigenvalue weighted by Gasteiger charge is -2.31. The summed E-state index contributed by atoms with van der Waals surface area (Å²) in [6, 6.07) is 24.1. The normalized spacial score (nSPS) is 23.8. The molecule has 7 heteroatoms. The van der Waals surface area contributed by atoms with Crippen LogP contribution in [0.3, 0.4) is 0 Å². The molecule has 2 aliphatic heterocycles. The van der Waals surface area contributed by atoms with E-state index in [4.69, 9.17) is 9.47 Å². The Hall–Kier alpha value is -3.39. The third-order valence-corrected chi connectivity index (χ3v) is 6.61. The summed E-state index contributed by atoms with van der Waals surface area (Å²) in [6.07, 6.45) is 0.743. The fourth-order valence-electron chi connectivity index (χ4n) is 5.13. The van der Waals surface area contributed by atoms with E-state index < -0.39 is 6.04 Å². The van der Waals surface area contributed by atoms with Gasteiger partial charge in [-0.3, -0.25) is 4.79 Å². The highest BCUT2D eigenvalue weighted by Crippen LogP contribution is 2.49. The topological polar surface area (TPSA) is 83.1 Å². The third kappa shape index (κ3) is 4.25. The summed E-state index contributed by atoms with van der Waals surface area (Å²) in [5, 5.41) is 10.6. The summed E-state index contributed by atoms with van der Waals surface area (Å²) in [5.41, 5.74) is 8.25. The van der Waals surface area contributed by atoms with Crippen molar-refractivity contribution in [2.75, 3.05) is 20.3 Å². The van der Waals surface area contributed by atoms with Crippen LogP contribution in [0.4, 0.5) is 0 Å². The molecule has 3 aromatic carbocycles. The van der Waals surface area contributed by atoms with Crippen LogP contribution >= 0.6 is 0 Å². The van der Waals surface area contributed by atoms with E-state index in [9.17, 15) is 9.90 Å². The van der Waals surface area contributed by atoms with Gasteiger partial charge in [-0.05, 0) is 42.3 Å². The fraction of sp³-hybridized carbons (Fsp3) is 0.296. The van der Waals surface area contributed by atoms with Crippen molar-refractivity contribution < 1.29 is 19.4 Å². The number of aromatic hydroxyl groups is 1. The molecule has 7 nitrogen and oxygen atoms in total. The molecular weight excluding hydrogens is 430 g/mol. The summed E-state index contributed by atoms with van der Waals surface area (Å²) in [7, 11) is 1.67. The molecule has 4 atom stereocenters. The number of rotatable bonds is 8. The number of hydrogen-bond donors (Lipinski definition) is 3. The first-order valence-corrected chi connectivity index (χ1v) is 11.6. The summed E-state index contributed by atoms with van der Waals surface area (Å²) in [4.78, 5) is 15.4. The Labute approximate surface area is 199 Å². The van der Waals surface area contributed by atoms with Gasteiger partial charge in [-0.1, -0.05) is 48.5 Å². The molecule has 5 rings (SSSR count). The number of amides is 1. The number of methoxy groups -OCH3 is 1. The first-order valence-electron chi connectivity index (χ1n) is 11.6. The number of benzene rings is 3. The van der Waals surface area contributed by atoms with E-state index in [1.807, 2.05) is 71.6 Å². The molecule has 0 spiro atoms. The number of likely N-dealkylation sites (tertiary alicyclic amines) is 1. The van der Waals surface area contributed by atoms with E-state index in [1.165, 1.54) is 0 Å². The molecule has 3 N–H and O–H groups in total. The monoisotopic (exact) mass is 459 g/mol. The maximum Gasteiger partial charge on any atom is 0.242 e. The van der Waals surface area contributed by atoms with Gasteiger partial charge < -0.3 is 19.5 Å². The minimum Gasteiger partial charge on any atom is -0.508 e. The van der Waals surface area contributed by atoms with Gasteiger partial charge in [0.05, 0.1) is 12.1 Å². The highest BCUT2D eigenvalue weighted by molar-refractivity contribution is 5.86. The van der Waals surface area contributed by atoms with Gasteiger partial charge in [0.2, 0.25) is 5.91 Å². The largest absolute Gasteiger partial charge is 0.508 e. The average molecular weight is 460 g/mol. The van der Waals surface area contributed by atoms with Crippen LogP contribution in [0, 0.1) is 5.92 Å². The number of phenols is 1. The number of carbonyl (C=O) groups is 1. The van der Waals surface area contributed by atoms with Crippen LogP contribution in [0.25, 0.3) is 0 Å². The molecule has 176 valence electrons. The molecule has 2 aliphatic rings. The minimum atomic E-state index is -0.393. The SMILES string of the molecule is COCCCN1C(=O)C2NNC(c3ccccc3O)C2C1c1cccc(Oc2ccccc2)c1. The quantitative estimate of drug-likeness (QED) is 0.443. The summed E-state index contributed by atoms with van der Waals surface area (Å²) >= 11 is 0. The molecule has 0 radical (unpaired) electrons. The zero-order valence-corrected chi connectivity index (χ0v) is 19.1. The Morgan fingerprint density at radius 1 is 0.912 bits per heavy atom. The maximum atomic E-state index is 13.5. The molecule has 2 fully saturated rings. The smallest absolute Gasteiger partial charge is 0.242 e. The lowest BCUT2D eigenvalue weighted by Crippen LogP contribution is -2.41. The molecule has 0 aromatic heterocycles. The molecule has 0 aliphatic carbocycles. The van der Waals surface area contributed by atoms with E-state index >= 15 is 0 Å². The van der Waals surface area contributed by atoms with Crippen molar-refractivity contribution >= 4 is 5.91 Å². The minimum absolute atomic E-state index is 0.0471. The molecule has 1 amide bonds. The van der Waals surface area contributed by atoms with Crippen molar-refractivity contribution in [3.05, 3.63) is 90.0 Å². The number of phenolic OH excluding ortho intramolecular Hbond substituents is 1. The van der Waals surface area contributed by atoms with Crippen molar-refractivity contribution in [2.45, 2.75) is 24.5 Å². The van der Waals surface area contributed by atoms with Gasteiger partial charge in [0.15, 0.2) is 0 Å². The standard InChI is InChI=1S/C27H29N3O4/c1-33-16-8-15-30-26(18-9-7-12-20(17-18)34-19-10-3-2-4-11-19)23-24(28-29-25(23)27(30)32)21-13-5-6-14-22(21)31/h2-7,9-14,17,23-26,28-29,31H,8,15-16H2,1H3. The van der Waals surface area contributed by atoms with Crippen molar-refractivity contribution in [1.82, 2.24) is 15.8 Å². The second-order valence-corrected chi connectivity index (χ2v) is 8.69. The number of nitrogens with zero attached hydrogens (tertiary/aromatic N) is 1. The Balaban J connectivity index is 1.51. The number of carbonyl (C=O) groups excluding carboxylic acids is 1. The first kappa shape index (κ1) is 22.4. The third-order valence-electron chi connectivity index (χ3n) is 6.61. The van der Waals surface area contributed by atoms with E-state index in [2.05, 4.69) is 10.9 Å². The number of ether oxygens (including phenoxy) is 2. The van der Waals surface area contributed by atoms with Gasteiger partial charge in [0, 0.05) is 31.7 Å². The predicted octanol–water partition coefficient (Wildman–Crippen LogP) is 3.94. The van der Waals surface area contributed by atoms with Crippen LogP contribution in [0.5, 0.6) is 17.2 Å².